The number of hydrogen-bond acceptors (Lipinski definition) is 4. The average molecular weight is 319 g/mol. The lowest BCUT2D eigenvalue weighted by Crippen LogP contribution is -2.15. The summed E-state index contributed by atoms with van der Waals surface area (Å²) in [6, 6.07) is 4.82. The third kappa shape index (κ3) is 3.74. The number of carbonyl (C=O) groups is 2. The Morgan fingerprint density at radius 3 is 2.65 bits per heavy atom. The highest BCUT2D eigenvalue weighted by atomic mass is 79.9. The number of esters is 1. The predicted molar refractivity (Wildman–Crippen MR) is 68.4 cm³/mol. The van der Waals surface area contributed by atoms with Crippen LogP contribution in [-0.4, -0.2) is 29.4 Å². The van der Waals surface area contributed by atoms with Crippen LogP contribution in [0.1, 0.15) is 17.3 Å². The van der Waals surface area contributed by atoms with Crippen LogP contribution in [0.3, 0.4) is 0 Å². The Kier molecular flexibility index (Phi) is 5.02. The van der Waals surface area contributed by atoms with E-state index >= 15 is 0 Å². The van der Waals surface area contributed by atoms with Crippen molar-refractivity contribution >= 4 is 39.6 Å². The first kappa shape index (κ1) is 14.1. The van der Waals surface area contributed by atoms with Crippen LogP contribution in [0.4, 0.5) is 0 Å². The minimum atomic E-state index is -1.02. The number of carbonyl (C=O) groups excluding carboxylic acids is 1. The van der Waals surface area contributed by atoms with Crippen molar-refractivity contribution in [3.63, 3.8) is 0 Å². The van der Waals surface area contributed by atoms with Gasteiger partial charge in [0, 0.05) is 9.37 Å². The molecule has 6 heteroatoms. The number of rotatable bonds is 4. The summed E-state index contributed by atoms with van der Waals surface area (Å²) in [6.07, 6.45) is 0. The van der Waals surface area contributed by atoms with Crippen LogP contribution in [0.2, 0.25) is 0 Å². The van der Waals surface area contributed by atoms with Crippen LogP contribution in [-0.2, 0) is 9.53 Å². The molecule has 4 nitrogen and oxygen atoms in total. The van der Waals surface area contributed by atoms with Gasteiger partial charge in [0.2, 0.25) is 0 Å². The first-order chi connectivity index (χ1) is 7.95. The smallest absolute Gasteiger partial charge is 0.336 e. The molecule has 0 heterocycles. The summed E-state index contributed by atoms with van der Waals surface area (Å²) >= 11 is 4.43. The van der Waals surface area contributed by atoms with Crippen molar-refractivity contribution < 1.29 is 19.4 Å². The summed E-state index contributed by atoms with van der Waals surface area (Å²) < 4.78 is 5.36. The molecule has 0 saturated carbocycles. The highest BCUT2D eigenvalue weighted by molar-refractivity contribution is 9.10. The van der Waals surface area contributed by atoms with Gasteiger partial charge in [0.1, 0.15) is 5.25 Å². The first-order valence-corrected chi connectivity index (χ1v) is 6.40. The van der Waals surface area contributed by atoms with Gasteiger partial charge in [0.15, 0.2) is 0 Å². The number of hydrogen-bond donors (Lipinski definition) is 1. The fourth-order valence-corrected chi connectivity index (χ4v) is 2.74. The Balaban J connectivity index is 3.00. The standard InChI is InChI=1S/C11H11BrO4S/c1-6(11(15)16-2)17-9-5-7(12)3-4-8(9)10(13)14/h3-6H,1-2H3,(H,13,14). The van der Waals surface area contributed by atoms with Crippen LogP contribution in [0.15, 0.2) is 27.6 Å². The maximum atomic E-state index is 11.3. The Hall–Kier alpha value is -1.01. The highest BCUT2D eigenvalue weighted by Crippen LogP contribution is 2.30. The lowest BCUT2D eigenvalue weighted by Gasteiger charge is -2.11. The minimum absolute atomic E-state index is 0.175. The molecule has 0 amide bonds. The number of halogens is 1. The second-order valence-electron chi connectivity index (χ2n) is 3.23. The molecule has 1 aromatic rings. The van der Waals surface area contributed by atoms with Crippen LogP contribution >= 0.6 is 27.7 Å². The largest absolute Gasteiger partial charge is 0.478 e. The molecule has 1 N–H and O–H groups in total. The van der Waals surface area contributed by atoms with Gasteiger partial charge in [-0.15, -0.1) is 11.8 Å². The second-order valence-corrected chi connectivity index (χ2v) is 5.53. The number of carboxylic acid groups (broad SMARTS) is 1. The van der Waals surface area contributed by atoms with Crippen LogP contribution in [0.25, 0.3) is 0 Å². The summed E-state index contributed by atoms with van der Waals surface area (Å²) in [6.45, 7) is 1.67. The number of methoxy groups -OCH3 is 1. The molecule has 0 aromatic heterocycles. The molecule has 0 spiro atoms. The fraction of sp³-hybridized carbons (Fsp3) is 0.273. The minimum Gasteiger partial charge on any atom is -0.478 e. The molecule has 0 aliphatic rings. The Morgan fingerprint density at radius 2 is 2.12 bits per heavy atom. The SMILES string of the molecule is COC(=O)C(C)Sc1cc(Br)ccc1C(=O)O. The Bertz CT molecular complexity index is 447. The molecule has 1 rings (SSSR count). The number of aromatic carboxylic acids is 1. The van der Waals surface area contributed by atoms with E-state index in [1.54, 1.807) is 19.1 Å². The first-order valence-electron chi connectivity index (χ1n) is 4.73. The summed E-state index contributed by atoms with van der Waals surface area (Å²) in [5, 5.41) is 8.57. The number of benzene rings is 1. The van der Waals surface area contributed by atoms with E-state index < -0.39 is 11.2 Å². The maximum absolute atomic E-state index is 11.3. The molecule has 0 saturated heterocycles. The molecule has 1 unspecified atom stereocenters. The van der Waals surface area contributed by atoms with E-state index in [-0.39, 0.29) is 11.5 Å². The quantitative estimate of drug-likeness (QED) is 0.683. The molecule has 92 valence electrons. The van der Waals surface area contributed by atoms with Gasteiger partial charge in [0.05, 0.1) is 12.7 Å². The molecule has 0 bridgehead atoms. The molecule has 0 aliphatic heterocycles. The predicted octanol–water partition coefficient (Wildman–Crippen LogP) is 2.80. The molecule has 17 heavy (non-hydrogen) atoms. The zero-order chi connectivity index (χ0) is 13.0. The number of carboxylic acids is 1. The highest BCUT2D eigenvalue weighted by Gasteiger charge is 2.19. The maximum Gasteiger partial charge on any atom is 0.336 e. The summed E-state index contributed by atoms with van der Waals surface area (Å²) in [4.78, 5) is 22.8. The van der Waals surface area contributed by atoms with Crippen molar-refractivity contribution in [2.75, 3.05) is 7.11 Å². The van der Waals surface area contributed by atoms with E-state index in [0.29, 0.717) is 4.90 Å². The van der Waals surface area contributed by atoms with E-state index in [9.17, 15) is 9.59 Å². The average Bonchev–Trinajstić information content (AvgIpc) is 2.27. The molecule has 0 aliphatic carbocycles. The molecular formula is C11H11BrO4S. The number of ether oxygens (including phenoxy) is 1. The molecule has 1 aromatic carbocycles. The van der Waals surface area contributed by atoms with E-state index in [1.165, 1.54) is 13.2 Å². The van der Waals surface area contributed by atoms with Gasteiger partial charge in [-0.25, -0.2) is 4.79 Å². The van der Waals surface area contributed by atoms with Crippen LogP contribution in [0.5, 0.6) is 0 Å². The third-order valence-electron chi connectivity index (χ3n) is 2.01. The van der Waals surface area contributed by atoms with Crippen LogP contribution in [0, 0.1) is 0 Å². The van der Waals surface area contributed by atoms with E-state index in [2.05, 4.69) is 20.7 Å². The zero-order valence-electron chi connectivity index (χ0n) is 9.27. The molecule has 0 fully saturated rings. The summed E-state index contributed by atoms with van der Waals surface area (Å²) in [5.74, 6) is -1.40. The van der Waals surface area contributed by atoms with Crippen molar-refractivity contribution in [3.8, 4) is 0 Å². The van der Waals surface area contributed by atoms with Gasteiger partial charge in [-0.2, -0.15) is 0 Å². The van der Waals surface area contributed by atoms with E-state index in [4.69, 9.17) is 5.11 Å². The van der Waals surface area contributed by atoms with Gasteiger partial charge in [-0.05, 0) is 25.1 Å². The second kappa shape index (κ2) is 6.07. The van der Waals surface area contributed by atoms with E-state index in [0.717, 1.165) is 16.2 Å². The van der Waals surface area contributed by atoms with Crippen molar-refractivity contribution in [1.82, 2.24) is 0 Å². The van der Waals surface area contributed by atoms with Gasteiger partial charge < -0.3 is 9.84 Å². The lowest BCUT2D eigenvalue weighted by molar-refractivity contribution is -0.139. The van der Waals surface area contributed by atoms with Crippen molar-refractivity contribution in [2.24, 2.45) is 0 Å². The molecule has 0 radical (unpaired) electrons. The summed E-state index contributed by atoms with van der Waals surface area (Å²) in [7, 11) is 1.30. The van der Waals surface area contributed by atoms with Crippen molar-refractivity contribution in [2.45, 2.75) is 17.1 Å². The van der Waals surface area contributed by atoms with Crippen molar-refractivity contribution in [3.05, 3.63) is 28.2 Å². The van der Waals surface area contributed by atoms with Gasteiger partial charge in [0.25, 0.3) is 0 Å². The van der Waals surface area contributed by atoms with Gasteiger partial charge >= 0.3 is 11.9 Å². The Labute approximate surface area is 111 Å². The van der Waals surface area contributed by atoms with Crippen molar-refractivity contribution in [1.29, 1.82) is 0 Å². The zero-order valence-corrected chi connectivity index (χ0v) is 11.7. The topological polar surface area (TPSA) is 63.6 Å². The Morgan fingerprint density at radius 1 is 1.47 bits per heavy atom. The third-order valence-corrected chi connectivity index (χ3v) is 3.64. The number of thioether (sulfide) groups is 1. The monoisotopic (exact) mass is 318 g/mol. The van der Waals surface area contributed by atoms with Gasteiger partial charge in [-0.1, -0.05) is 15.9 Å². The fourth-order valence-electron chi connectivity index (χ4n) is 1.17. The summed E-state index contributed by atoms with van der Waals surface area (Å²) in [5.41, 5.74) is 0.175. The normalized spacial score (nSPS) is 11.9. The molecule has 1 atom stereocenters. The van der Waals surface area contributed by atoms with Crippen LogP contribution < -0.4 is 0 Å². The van der Waals surface area contributed by atoms with Gasteiger partial charge in [-0.3, -0.25) is 4.79 Å². The molecular weight excluding hydrogens is 308 g/mol. The van der Waals surface area contributed by atoms with E-state index in [1.807, 2.05) is 0 Å². The lowest BCUT2D eigenvalue weighted by atomic mass is 10.2.